The highest BCUT2D eigenvalue weighted by Gasteiger charge is 2.50. The molecule has 0 saturated carbocycles. The van der Waals surface area contributed by atoms with Gasteiger partial charge in [0, 0.05) is 31.6 Å². The Kier molecular flexibility index (Phi) is 6.36. The van der Waals surface area contributed by atoms with E-state index in [-0.39, 0.29) is 11.2 Å². The van der Waals surface area contributed by atoms with Crippen molar-refractivity contribution in [2.24, 2.45) is 5.41 Å². The predicted octanol–water partition coefficient (Wildman–Crippen LogP) is 2.24. The highest BCUT2D eigenvalue weighted by molar-refractivity contribution is 7.89. The Morgan fingerprint density at radius 3 is 2.42 bits per heavy atom. The zero-order valence-electron chi connectivity index (χ0n) is 14.2. The smallest absolute Gasteiger partial charge is 0.475 e. The lowest BCUT2D eigenvalue weighted by Crippen LogP contribution is -2.59. The lowest BCUT2D eigenvalue weighted by molar-refractivity contribution is -0.192. The SMILES string of the molecule is CCS(=O)(=O)N1CC2(CCN(Cc3ccsc3)C2)C1.O=C(O)C(F)(F)F. The molecule has 0 aromatic carbocycles. The Morgan fingerprint density at radius 2 is 1.96 bits per heavy atom. The van der Waals surface area contributed by atoms with E-state index >= 15 is 0 Å². The van der Waals surface area contributed by atoms with Crippen molar-refractivity contribution in [3.63, 3.8) is 0 Å². The summed E-state index contributed by atoms with van der Waals surface area (Å²) >= 11 is 1.74. The van der Waals surface area contributed by atoms with Gasteiger partial charge in [-0.1, -0.05) is 0 Å². The van der Waals surface area contributed by atoms with Crippen LogP contribution < -0.4 is 0 Å². The minimum Gasteiger partial charge on any atom is -0.475 e. The van der Waals surface area contributed by atoms with Crippen molar-refractivity contribution >= 4 is 27.3 Å². The van der Waals surface area contributed by atoms with Gasteiger partial charge in [0.05, 0.1) is 5.75 Å². The van der Waals surface area contributed by atoms with Gasteiger partial charge in [-0.05, 0) is 42.3 Å². The fourth-order valence-corrected chi connectivity index (χ4v) is 5.11. The second kappa shape index (κ2) is 7.83. The minimum absolute atomic E-state index is 0.224. The Hall–Kier alpha value is -1.17. The highest BCUT2D eigenvalue weighted by Crippen LogP contribution is 2.41. The molecule has 1 aromatic heterocycles. The fourth-order valence-electron chi connectivity index (χ4n) is 3.14. The summed E-state index contributed by atoms with van der Waals surface area (Å²) < 4.78 is 56.9. The number of thiophene rings is 1. The largest absolute Gasteiger partial charge is 0.490 e. The molecule has 0 bridgehead atoms. The molecule has 2 saturated heterocycles. The second-order valence-corrected chi connectivity index (χ2v) is 9.60. The molecule has 2 aliphatic heterocycles. The number of halogens is 3. The van der Waals surface area contributed by atoms with Crippen molar-refractivity contribution in [1.82, 2.24) is 9.21 Å². The van der Waals surface area contributed by atoms with Crippen LogP contribution in [-0.4, -0.2) is 66.8 Å². The second-order valence-electron chi connectivity index (χ2n) is 6.56. The van der Waals surface area contributed by atoms with Gasteiger partial charge in [-0.25, -0.2) is 17.5 Å². The van der Waals surface area contributed by atoms with Crippen molar-refractivity contribution in [2.75, 3.05) is 31.9 Å². The first-order chi connectivity index (χ1) is 12.0. The maximum absolute atomic E-state index is 11.8. The Labute approximate surface area is 154 Å². The van der Waals surface area contributed by atoms with Gasteiger partial charge < -0.3 is 5.11 Å². The molecule has 0 unspecified atom stereocenters. The summed E-state index contributed by atoms with van der Waals surface area (Å²) in [5.41, 5.74) is 1.61. The highest BCUT2D eigenvalue weighted by atomic mass is 32.2. The number of rotatable bonds is 4. The maximum atomic E-state index is 11.8. The molecule has 3 heterocycles. The third kappa shape index (κ3) is 5.18. The van der Waals surface area contributed by atoms with Crippen LogP contribution in [0.4, 0.5) is 13.2 Å². The molecule has 3 rings (SSSR count). The normalized spacial score (nSPS) is 20.5. The summed E-state index contributed by atoms with van der Waals surface area (Å²) in [6.45, 7) is 6.31. The molecule has 1 N–H and O–H groups in total. The average Bonchev–Trinajstić information content (AvgIpc) is 3.15. The van der Waals surface area contributed by atoms with Gasteiger partial charge in [0.1, 0.15) is 0 Å². The Morgan fingerprint density at radius 1 is 1.35 bits per heavy atom. The van der Waals surface area contributed by atoms with E-state index in [1.807, 2.05) is 0 Å². The quantitative estimate of drug-likeness (QED) is 0.818. The molecular weight excluding hydrogens is 393 g/mol. The number of nitrogens with zero attached hydrogens (tertiary/aromatic N) is 2. The monoisotopic (exact) mass is 414 g/mol. The number of carbonyl (C=O) groups is 1. The van der Waals surface area contributed by atoms with Gasteiger partial charge in [-0.2, -0.15) is 24.5 Å². The van der Waals surface area contributed by atoms with Crippen LogP contribution in [0, 0.1) is 5.41 Å². The number of carboxylic acid groups (broad SMARTS) is 1. The van der Waals surface area contributed by atoms with Crippen LogP contribution in [0.3, 0.4) is 0 Å². The molecular formula is C15H21F3N2O4S2. The molecule has 148 valence electrons. The van der Waals surface area contributed by atoms with E-state index in [1.54, 1.807) is 22.6 Å². The van der Waals surface area contributed by atoms with Gasteiger partial charge >= 0.3 is 12.1 Å². The van der Waals surface area contributed by atoms with E-state index in [2.05, 4.69) is 21.7 Å². The van der Waals surface area contributed by atoms with Crippen molar-refractivity contribution in [1.29, 1.82) is 0 Å². The molecule has 0 aliphatic carbocycles. The number of sulfonamides is 1. The van der Waals surface area contributed by atoms with Gasteiger partial charge in [0.15, 0.2) is 0 Å². The van der Waals surface area contributed by atoms with Crippen molar-refractivity contribution in [3.05, 3.63) is 22.4 Å². The fraction of sp³-hybridized carbons (Fsp3) is 0.667. The molecule has 11 heteroatoms. The molecule has 0 atom stereocenters. The zero-order chi connectivity index (χ0) is 19.6. The molecule has 1 aromatic rings. The molecule has 0 radical (unpaired) electrons. The first-order valence-electron chi connectivity index (χ1n) is 7.99. The zero-order valence-corrected chi connectivity index (χ0v) is 15.8. The van der Waals surface area contributed by atoms with Crippen molar-refractivity contribution in [2.45, 2.75) is 26.1 Å². The van der Waals surface area contributed by atoms with Crippen LogP contribution in [0.1, 0.15) is 18.9 Å². The topological polar surface area (TPSA) is 77.9 Å². The van der Waals surface area contributed by atoms with E-state index < -0.39 is 22.2 Å². The summed E-state index contributed by atoms with van der Waals surface area (Å²) in [5, 5.41) is 11.4. The number of hydrogen-bond donors (Lipinski definition) is 1. The lowest BCUT2D eigenvalue weighted by atomic mass is 9.81. The first kappa shape index (κ1) is 21.1. The van der Waals surface area contributed by atoms with E-state index in [0.29, 0.717) is 0 Å². The van der Waals surface area contributed by atoms with Crippen LogP contribution in [0.25, 0.3) is 0 Å². The molecule has 2 aliphatic rings. The average molecular weight is 414 g/mol. The van der Waals surface area contributed by atoms with Gasteiger partial charge in [-0.3, -0.25) is 4.90 Å². The number of likely N-dealkylation sites (tertiary alicyclic amines) is 1. The van der Waals surface area contributed by atoms with E-state index in [9.17, 15) is 21.6 Å². The number of alkyl halides is 3. The van der Waals surface area contributed by atoms with Crippen LogP contribution in [0.2, 0.25) is 0 Å². The van der Waals surface area contributed by atoms with Crippen LogP contribution >= 0.6 is 11.3 Å². The molecule has 2 fully saturated rings. The number of aliphatic carboxylic acids is 1. The van der Waals surface area contributed by atoms with Crippen molar-refractivity contribution in [3.8, 4) is 0 Å². The summed E-state index contributed by atoms with van der Waals surface area (Å²) in [6.07, 6.45) is -3.95. The number of hydrogen-bond acceptors (Lipinski definition) is 5. The Balaban J connectivity index is 0.000000298. The maximum Gasteiger partial charge on any atom is 0.490 e. The van der Waals surface area contributed by atoms with Gasteiger partial charge in [-0.15, -0.1) is 0 Å². The number of carboxylic acids is 1. The molecule has 1 spiro atoms. The van der Waals surface area contributed by atoms with Crippen LogP contribution in [-0.2, 0) is 21.4 Å². The molecule has 0 amide bonds. The van der Waals surface area contributed by atoms with Crippen molar-refractivity contribution < 1.29 is 31.5 Å². The van der Waals surface area contributed by atoms with E-state index in [0.717, 1.165) is 39.1 Å². The van der Waals surface area contributed by atoms with E-state index in [1.165, 1.54) is 5.56 Å². The predicted molar refractivity (Wildman–Crippen MR) is 91.4 cm³/mol. The molecule has 6 nitrogen and oxygen atoms in total. The third-order valence-corrected chi connectivity index (χ3v) is 7.03. The summed E-state index contributed by atoms with van der Waals surface area (Å²) in [6, 6.07) is 2.17. The third-order valence-electron chi connectivity index (χ3n) is 4.53. The minimum atomic E-state index is -5.08. The van der Waals surface area contributed by atoms with Gasteiger partial charge in [0.25, 0.3) is 0 Å². The molecule has 26 heavy (non-hydrogen) atoms. The van der Waals surface area contributed by atoms with Gasteiger partial charge in [0.2, 0.25) is 10.0 Å². The Bertz CT molecular complexity index is 714. The van der Waals surface area contributed by atoms with E-state index in [4.69, 9.17) is 9.90 Å². The summed E-state index contributed by atoms with van der Waals surface area (Å²) in [5.74, 6) is -2.53. The van der Waals surface area contributed by atoms with Crippen LogP contribution in [0.5, 0.6) is 0 Å². The van der Waals surface area contributed by atoms with Crippen LogP contribution in [0.15, 0.2) is 16.8 Å². The summed E-state index contributed by atoms with van der Waals surface area (Å²) in [7, 11) is -2.98. The lowest BCUT2D eigenvalue weighted by Gasteiger charge is -2.46. The first-order valence-corrected chi connectivity index (χ1v) is 10.5. The summed E-state index contributed by atoms with van der Waals surface area (Å²) in [4.78, 5) is 11.4. The standard InChI is InChI=1S/C13H20N2O2S2.C2HF3O2/c1-2-19(16,17)15-10-13(11-15)4-5-14(9-13)7-12-3-6-18-8-12;3-2(4,5)1(6)7/h3,6,8H,2,4-5,7,9-11H2,1H3;(H,6,7).